The van der Waals surface area contributed by atoms with Gasteiger partial charge in [-0.05, 0) is 32.7 Å². The Bertz CT molecular complexity index is 716. The van der Waals surface area contributed by atoms with Gasteiger partial charge in [0.25, 0.3) is 0 Å². The van der Waals surface area contributed by atoms with Crippen LogP contribution < -0.4 is 0 Å². The normalized spacial score (nSPS) is 29.9. The Balaban J connectivity index is 1.39. The second kappa shape index (κ2) is 7.47. The van der Waals surface area contributed by atoms with E-state index in [0.717, 1.165) is 37.9 Å². The molecule has 6 heteroatoms. The zero-order valence-corrected chi connectivity index (χ0v) is 15.3. The molecule has 2 fully saturated rings. The molecule has 2 aliphatic rings. The Morgan fingerprint density at radius 3 is 2.96 bits per heavy atom. The maximum Gasteiger partial charge on any atom is 0.228 e. The van der Waals surface area contributed by atoms with E-state index in [4.69, 9.17) is 9.26 Å². The summed E-state index contributed by atoms with van der Waals surface area (Å²) in [5.74, 6) is 1.48. The van der Waals surface area contributed by atoms with Crippen LogP contribution in [0.5, 0.6) is 0 Å². The lowest BCUT2D eigenvalue weighted by Crippen LogP contribution is -2.52. The Morgan fingerprint density at radius 1 is 1.31 bits per heavy atom. The molecule has 0 aliphatic carbocycles. The topological polar surface area (TPSA) is 71.6 Å². The van der Waals surface area contributed by atoms with E-state index >= 15 is 0 Å². The molecule has 2 aromatic rings. The highest BCUT2D eigenvalue weighted by Crippen LogP contribution is 2.35. The van der Waals surface area contributed by atoms with Crippen LogP contribution in [0.1, 0.15) is 32.1 Å². The van der Waals surface area contributed by atoms with Crippen LogP contribution in [-0.4, -0.2) is 58.1 Å². The summed E-state index contributed by atoms with van der Waals surface area (Å²) in [5.41, 5.74) is 0.327. The molecule has 0 saturated carbocycles. The van der Waals surface area contributed by atoms with Gasteiger partial charge in [0.1, 0.15) is 0 Å². The smallest absolute Gasteiger partial charge is 0.228 e. The van der Waals surface area contributed by atoms with Gasteiger partial charge in [-0.2, -0.15) is 4.98 Å². The summed E-state index contributed by atoms with van der Waals surface area (Å²) in [4.78, 5) is 6.99. The van der Waals surface area contributed by atoms with Crippen molar-refractivity contribution in [3.05, 3.63) is 36.2 Å². The van der Waals surface area contributed by atoms with Gasteiger partial charge < -0.3 is 14.4 Å². The minimum Gasteiger partial charge on any atom is -0.390 e. The van der Waals surface area contributed by atoms with Crippen molar-refractivity contribution in [3.63, 3.8) is 0 Å². The number of hydrogen-bond donors (Lipinski definition) is 1. The number of benzene rings is 1. The standard InChI is InChI=1S/C20H27N3O3/c1-20(24)10-13-25-14-16(20)17-8-5-11-23(17)12-9-18-21-19(22-26-18)15-6-3-2-4-7-15/h2-4,6-7,16-17,24H,5,8-14H2,1H3/t16-,17+,20+/m1/s1. The summed E-state index contributed by atoms with van der Waals surface area (Å²) >= 11 is 0. The lowest BCUT2D eigenvalue weighted by Gasteiger charge is -2.43. The molecular weight excluding hydrogens is 330 g/mol. The number of hydrogen-bond acceptors (Lipinski definition) is 6. The zero-order valence-electron chi connectivity index (χ0n) is 15.3. The van der Waals surface area contributed by atoms with Gasteiger partial charge in [-0.25, -0.2) is 0 Å². The van der Waals surface area contributed by atoms with E-state index in [1.165, 1.54) is 0 Å². The number of rotatable bonds is 5. The first-order valence-corrected chi connectivity index (χ1v) is 9.56. The monoisotopic (exact) mass is 357 g/mol. The van der Waals surface area contributed by atoms with E-state index in [2.05, 4.69) is 15.0 Å². The summed E-state index contributed by atoms with van der Waals surface area (Å²) in [7, 11) is 0. The number of aromatic nitrogens is 2. The van der Waals surface area contributed by atoms with Gasteiger partial charge in [0.15, 0.2) is 0 Å². The highest BCUT2D eigenvalue weighted by atomic mass is 16.5. The van der Waals surface area contributed by atoms with Crippen molar-refractivity contribution >= 4 is 0 Å². The summed E-state index contributed by atoms with van der Waals surface area (Å²) in [6, 6.07) is 10.2. The maximum absolute atomic E-state index is 10.8. The summed E-state index contributed by atoms with van der Waals surface area (Å²) in [6.07, 6.45) is 3.72. The minimum atomic E-state index is -0.642. The van der Waals surface area contributed by atoms with Crippen molar-refractivity contribution in [1.82, 2.24) is 15.0 Å². The quantitative estimate of drug-likeness (QED) is 0.887. The molecule has 0 spiro atoms. The zero-order chi connectivity index (χ0) is 18.0. The molecule has 1 N–H and O–H groups in total. The Kier molecular flexibility index (Phi) is 5.07. The highest BCUT2D eigenvalue weighted by Gasteiger charge is 2.43. The second-order valence-corrected chi connectivity index (χ2v) is 7.66. The van der Waals surface area contributed by atoms with Crippen LogP contribution in [0, 0.1) is 5.92 Å². The maximum atomic E-state index is 10.8. The molecule has 1 aromatic carbocycles. The molecule has 2 saturated heterocycles. The van der Waals surface area contributed by atoms with Crippen molar-refractivity contribution in [2.45, 2.75) is 44.2 Å². The fourth-order valence-corrected chi connectivity index (χ4v) is 4.26. The second-order valence-electron chi connectivity index (χ2n) is 7.66. The van der Waals surface area contributed by atoms with E-state index in [9.17, 15) is 5.11 Å². The predicted molar refractivity (Wildman–Crippen MR) is 97.6 cm³/mol. The van der Waals surface area contributed by atoms with Gasteiger partial charge in [-0.1, -0.05) is 35.5 Å². The molecule has 0 radical (unpaired) electrons. The van der Waals surface area contributed by atoms with E-state index in [0.29, 0.717) is 37.4 Å². The van der Waals surface area contributed by atoms with Crippen LogP contribution in [0.15, 0.2) is 34.9 Å². The van der Waals surface area contributed by atoms with E-state index < -0.39 is 5.60 Å². The van der Waals surface area contributed by atoms with Gasteiger partial charge in [0.05, 0.1) is 12.2 Å². The molecule has 3 atom stereocenters. The molecule has 26 heavy (non-hydrogen) atoms. The van der Waals surface area contributed by atoms with Gasteiger partial charge >= 0.3 is 0 Å². The predicted octanol–water partition coefficient (Wildman–Crippen LogP) is 2.53. The van der Waals surface area contributed by atoms with Gasteiger partial charge in [0, 0.05) is 37.1 Å². The fraction of sp³-hybridized carbons (Fsp3) is 0.600. The molecule has 0 unspecified atom stereocenters. The molecule has 6 nitrogen and oxygen atoms in total. The molecular formula is C20H27N3O3. The fourth-order valence-electron chi connectivity index (χ4n) is 4.26. The van der Waals surface area contributed by atoms with Gasteiger partial charge in [0.2, 0.25) is 11.7 Å². The number of ether oxygens (including phenoxy) is 1. The van der Waals surface area contributed by atoms with Crippen LogP contribution in [-0.2, 0) is 11.2 Å². The molecule has 2 aliphatic heterocycles. The molecule has 3 heterocycles. The molecule has 0 bridgehead atoms. The Morgan fingerprint density at radius 2 is 2.15 bits per heavy atom. The summed E-state index contributed by atoms with van der Waals surface area (Å²) in [5, 5.41) is 14.9. The third-order valence-electron chi connectivity index (χ3n) is 5.84. The van der Waals surface area contributed by atoms with Crippen molar-refractivity contribution < 1.29 is 14.4 Å². The SMILES string of the molecule is C[C@]1(O)CCOC[C@@H]1[C@@H]1CCCN1CCc1nc(-c2ccccc2)no1. The third kappa shape index (κ3) is 3.68. The van der Waals surface area contributed by atoms with E-state index in [-0.39, 0.29) is 5.92 Å². The van der Waals surface area contributed by atoms with Crippen molar-refractivity contribution in [3.8, 4) is 11.4 Å². The third-order valence-corrected chi connectivity index (χ3v) is 5.84. The van der Waals surface area contributed by atoms with E-state index in [1.807, 2.05) is 37.3 Å². The average molecular weight is 357 g/mol. The average Bonchev–Trinajstić information content (AvgIpc) is 3.30. The van der Waals surface area contributed by atoms with Crippen molar-refractivity contribution in [2.24, 2.45) is 5.92 Å². The number of aliphatic hydroxyl groups is 1. The first kappa shape index (κ1) is 17.6. The lowest BCUT2D eigenvalue weighted by atomic mass is 9.79. The first-order valence-electron chi connectivity index (χ1n) is 9.56. The van der Waals surface area contributed by atoms with Crippen molar-refractivity contribution in [1.29, 1.82) is 0 Å². The first-order chi connectivity index (χ1) is 12.6. The van der Waals surface area contributed by atoms with Crippen LogP contribution in [0.4, 0.5) is 0 Å². The van der Waals surface area contributed by atoms with Crippen LogP contribution in [0.3, 0.4) is 0 Å². The van der Waals surface area contributed by atoms with Gasteiger partial charge in [-0.15, -0.1) is 0 Å². The highest BCUT2D eigenvalue weighted by molar-refractivity contribution is 5.53. The molecule has 140 valence electrons. The molecule has 1 aromatic heterocycles. The van der Waals surface area contributed by atoms with Crippen LogP contribution >= 0.6 is 0 Å². The summed E-state index contributed by atoms with van der Waals surface area (Å²) in [6.45, 7) is 5.18. The summed E-state index contributed by atoms with van der Waals surface area (Å²) < 4.78 is 11.1. The van der Waals surface area contributed by atoms with Crippen LogP contribution in [0.25, 0.3) is 11.4 Å². The van der Waals surface area contributed by atoms with Gasteiger partial charge in [-0.3, -0.25) is 4.90 Å². The van der Waals surface area contributed by atoms with E-state index in [1.54, 1.807) is 0 Å². The number of nitrogens with zero attached hydrogens (tertiary/aromatic N) is 3. The minimum absolute atomic E-state index is 0.168. The van der Waals surface area contributed by atoms with Crippen LogP contribution in [0.2, 0.25) is 0 Å². The van der Waals surface area contributed by atoms with Crippen molar-refractivity contribution in [2.75, 3.05) is 26.3 Å². The Labute approximate surface area is 154 Å². The largest absolute Gasteiger partial charge is 0.390 e. The Hall–Kier alpha value is -1.76. The molecule has 0 amide bonds. The lowest BCUT2D eigenvalue weighted by molar-refractivity contribution is -0.122. The molecule has 4 rings (SSSR count). The number of likely N-dealkylation sites (tertiary alicyclic amines) is 1.